The first-order valence-electron chi connectivity index (χ1n) is 31.2. The molecule has 492 valence electrons. The number of benzene rings is 3. The SMILES string of the molecule is CNC(C)C(=O)NC(C(=O)N1Cc2cc(OCCOCCOCCOCCNC(=O)c3ccc(-n4cc(NC(=O)c5coc(-c6ccnc(N(CC7CC7)C(=O)OC(C)(C)C)c6)n5)c(C(F)F)n4)cc3)ccc2C[C@H]1C(=O)N[C@@H]1CCCc2ccccc21)C(C)(C)C. The summed E-state index contributed by atoms with van der Waals surface area (Å²) in [6, 6.07) is 20.7. The number of ether oxygens (including phenoxy) is 5. The molecule has 5 N–H and O–H groups in total. The molecule has 92 heavy (non-hydrogen) atoms. The second kappa shape index (κ2) is 30.6. The lowest BCUT2D eigenvalue weighted by Gasteiger charge is -2.41. The summed E-state index contributed by atoms with van der Waals surface area (Å²) in [4.78, 5) is 93.5. The number of aryl methyl sites for hydroxylation is 1. The first-order chi connectivity index (χ1) is 44.0. The minimum absolute atomic E-state index is 0.0359. The highest BCUT2D eigenvalue weighted by Gasteiger charge is 2.43. The Kier molecular flexibility index (Phi) is 22.6. The smallest absolute Gasteiger partial charge is 0.416 e. The van der Waals surface area contributed by atoms with Crippen LogP contribution in [-0.2, 0) is 52.7 Å². The molecule has 2 aliphatic carbocycles. The van der Waals surface area contributed by atoms with Crippen molar-refractivity contribution in [3.63, 3.8) is 0 Å². The van der Waals surface area contributed by atoms with Gasteiger partial charge < -0.3 is 59.6 Å². The summed E-state index contributed by atoms with van der Waals surface area (Å²) in [6.45, 7) is 15.4. The number of halogens is 2. The maximum absolute atomic E-state index is 14.7. The molecule has 0 radical (unpaired) electrons. The number of carbonyl (C=O) groups excluding carboxylic acids is 6. The minimum atomic E-state index is -3.05. The van der Waals surface area contributed by atoms with Crippen molar-refractivity contribution < 1.29 is 65.6 Å². The largest absolute Gasteiger partial charge is 0.491 e. The maximum atomic E-state index is 14.7. The van der Waals surface area contributed by atoms with Crippen LogP contribution in [0.25, 0.3) is 17.1 Å². The minimum Gasteiger partial charge on any atom is -0.491 e. The molecule has 9 rings (SSSR count). The number of oxazole rings is 1. The number of hydrogen-bond donors (Lipinski definition) is 5. The van der Waals surface area contributed by atoms with E-state index in [1.54, 1.807) is 51.8 Å². The van der Waals surface area contributed by atoms with Crippen LogP contribution in [0, 0.1) is 11.3 Å². The second-order valence-electron chi connectivity index (χ2n) is 25.2. The van der Waals surface area contributed by atoms with Gasteiger partial charge in [-0.15, -0.1) is 0 Å². The zero-order valence-electron chi connectivity index (χ0n) is 53.4. The van der Waals surface area contributed by atoms with E-state index in [-0.39, 0.29) is 92.9 Å². The van der Waals surface area contributed by atoms with Gasteiger partial charge in [-0.3, -0.25) is 28.9 Å². The number of likely N-dealkylation sites (N-methyl/N-ethyl adjacent to an activating group) is 1. The Hall–Kier alpha value is -8.65. The molecule has 3 aromatic carbocycles. The Morgan fingerprint density at radius 3 is 2.23 bits per heavy atom. The van der Waals surface area contributed by atoms with Gasteiger partial charge in [0.05, 0.1) is 69.3 Å². The highest BCUT2D eigenvalue weighted by molar-refractivity contribution is 6.03. The van der Waals surface area contributed by atoms with Crippen molar-refractivity contribution in [1.29, 1.82) is 0 Å². The van der Waals surface area contributed by atoms with Crippen molar-refractivity contribution in [3.8, 4) is 22.9 Å². The lowest BCUT2D eigenvalue weighted by atomic mass is 9.83. The van der Waals surface area contributed by atoms with E-state index < -0.39 is 53.3 Å². The molecular formula is C67H83F2N11O12. The molecule has 1 aliphatic heterocycles. The van der Waals surface area contributed by atoms with Crippen molar-refractivity contribution in [3.05, 3.63) is 137 Å². The monoisotopic (exact) mass is 1270 g/mol. The lowest BCUT2D eigenvalue weighted by Crippen LogP contribution is -2.62. The molecule has 4 heterocycles. The van der Waals surface area contributed by atoms with Crippen LogP contribution in [0.2, 0.25) is 0 Å². The number of carbonyl (C=O) groups is 6. The van der Waals surface area contributed by atoms with E-state index in [4.69, 9.17) is 28.1 Å². The molecule has 23 nitrogen and oxygen atoms in total. The van der Waals surface area contributed by atoms with Gasteiger partial charge >= 0.3 is 6.09 Å². The van der Waals surface area contributed by atoms with Gasteiger partial charge in [0, 0.05) is 43.4 Å². The molecule has 0 bridgehead atoms. The van der Waals surface area contributed by atoms with Gasteiger partial charge in [-0.25, -0.2) is 28.2 Å². The van der Waals surface area contributed by atoms with Gasteiger partial charge in [0.25, 0.3) is 18.2 Å². The van der Waals surface area contributed by atoms with Gasteiger partial charge in [-0.05, 0) is 149 Å². The van der Waals surface area contributed by atoms with Gasteiger partial charge in [-0.2, -0.15) is 5.10 Å². The van der Waals surface area contributed by atoms with Crippen molar-refractivity contribution in [2.45, 2.75) is 130 Å². The summed E-state index contributed by atoms with van der Waals surface area (Å²) < 4.78 is 64.1. The zero-order valence-corrected chi connectivity index (χ0v) is 53.4. The number of rotatable bonds is 28. The predicted octanol–water partition coefficient (Wildman–Crippen LogP) is 8.71. The third-order valence-electron chi connectivity index (χ3n) is 15.9. The van der Waals surface area contributed by atoms with Crippen molar-refractivity contribution >= 4 is 47.1 Å². The highest BCUT2D eigenvalue weighted by Crippen LogP contribution is 2.36. The molecular weight excluding hydrogens is 1190 g/mol. The topological polar surface area (TPSA) is 272 Å². The molecule has 3 aromatic heterocycles. The van der Waals surface area contributed by atoms with Crippen LogP contribution in [0.5, 0.6) is 5.75 Å². The van der Waals surface area contributed by atoms with Crippen LogP contribution < -0.4 is 36.2 Å². The molecule has 3 aliphatic rings. The number of hydrogen-bond acceptors (Lipinski definition) is 16. The van der Waals surface area contributed by atoms with E-state index in [1.165, 1.54) is 47.1 Å². The predicted molar refractivity (Wildman–Crippen MR) is 337 cm³/mol. The number of alkyl halides is 2. The number of aromatic nitrogens is 4. The molecule has 4 atom stereocenters. The van der Waals surface area contributed by atoms with Crippen LogP contribution in [0.3, 0.4) is 0 Å². The van der Waals surface area contributed by atoms with Crippen LogP contribution in [-0.4, -0.2) is 150 Å². The van der Waals surface area contributed by atoms with Crippen molar-refractivity contribution in [2.24, 2.45) is 11.3 Å². The average molecular weight is 1270 g/mol. The average Bonchev–Trinajstić information content (AvgIpc) is 1.04. The fourth-order valence-corrected chi connectivity index (χ4v) is 10.7. The maximum Gasteiger partial charge on any atom is 0.416 e. The fraction of sp³-hybridized carbons (Fsp3) is 0.478. The second-order valence-corrected chi connectivity index (χ2v) is 25.2. The van der Waals surface area contributed by atoms with E-state index in [0.717, 1.165) is 59.7 Å². The Balaban J connectivity index is 0.677. The molecule has 1 fully saturated rings. The molecule has 2 unspecified atom stereocenters. The highest BCUT2D eigenvalue weighted by atomic mass is 19.3. The summed E-state index contributed by atoms with van der Waals surface area (Å²) >= 11 is 0. The van der Waals surface area contributed by atoms with Crippen LogP contribution in [0.1, 0.15) is 135 Å². The van der Waals surface area contributed by atoms with Crippen molar-refractivity contribution in [1.82, 2.24) is 45.9 Å². The van der Waals surface area contributed by atoms with Crippen LogP contribution in [0.15, 0.2) is 102 Å². The summed E-state index contributed by atoms with van der Waals surface area (Å²) in [5.41, 5.74) is 2.59. The third kappa shape index (κ3) is 18.1. The quantitative estimate of drug-likeness (QED) is 0.0287. The molecule has 25 heteroatoms. The number of nitrogens with one attached hydrogen (secondary N) is 5. The van der Waals surface area contributed by atoms with Gasteiger partial charge in [-0.1, -0.05) is 51.1 Å². The van der Waals surface area contributed by atoms with E-state index in [2.05, 4.69) is 53.8 Å². The van der Waals surface area contributed by atoms with Crippen LogP contribution >= 0.6 is 0 Å². The van der Waals surface area contributed by atoms with E-state index >= 15 is 0 Å². The standard InChI is InChI=1S/C67H83F2N11O12/c1-41(70-8)59(81)76-57(66(2,3)4)64(85)78-38-47-34-49(23-20-45(47)35-54(78)62(84)73-51-15-11-13-43-12-9-10-14-50(43)51)90-33-32-89-31-30-88-29-28-87-27-26-72-60(82)44-18-21-48(22-19-44)80-39-52(56(77-80)58(68)69)74-61(83)53-40-91-63(75-53)46-24-25-71-55(36-46)79(37-42-16-17-42)65(86)92-67(5,6)7/h9-10,12,14,18-25,34,36,39-42,51,54,57-58,70H,11,13,15-17,26-33,35,37-38H2,1-8H3,(H,72,82)(H,73,84)(H,74,83)(H,76,81)/t41?,51-,54+,57?/m1/s1. The fourth-order valence-electron chi connectivity index (χ4n) is 10.7. The summed E-state index contributed by atoms with van der Waals surface area (Å²) in [7, 11) is 1.68. The zero-order chi connectivity index (χ0) is 65.7. The van der Waals surface area contributed by atoms with E-state index in [0.29, 0.717) is 60.7 Å². The molecule has 1 saturated carbocycles. The third-order valence-corrected chi connectivity index (χ3v) is 15.9. The molecule has 0 spiro atoms. The summed E-state index contributed by atoms with van der Waals surface area (Å²) in [5, 5.41) is 18.4. The number of amides is 6. The van der Waals surface area contributed by atoms with E-state index in [9.17, 15) is 37.5 Å². The Labute approximate surface area is 534 Å². The van der Waals surface area contributed by atoms with E-state index in [1.807, 2.05) is 51.1 Å². The van der Waals surface area contributed by atoms with Gasteiger partial charge in [0.1, 0.15) is 42.1 Å². The molecule has 6 amide bonds. The number of nitrogens with zero attached hydrogens (tertiary/aromatic N) is 6. The van der Waals surface area contributed by atoms with Crippen molar-refractivity contribution in [2.75, 3.05) is 76.6 Å². The summed E-state index contributed by atoms with van der Waals surface area (Å²) in [6.07, 6.45) is 5.14. The number of pyridine rings is 1. The Morgan fingerprint density at radius 2 is 1.53 bits per heavy atom. The first-order valence-corrected chi connectivity index (χ1v) is 31.2. The molecule has 6 aromatic rings. The summed E-state index contributed by atoms with van der Waals surface area (Å²) in [5.74, 6) is -0.859. The Morgan fingerprint density at radius 1 is 0.815 bits per heavy atom. The normalized spacial score (nSPS) is 16.2. The number of fused-ring (bicyclic) bond motifs is 2. The lowest BCUT2D eigenvalue weighted by molar-refractivity contribution is -0.147. The Bertz CT molecular complexity index is 3540. The first kappa shape index (κ1) is 67.7. The number of anilines is 2. The van der Waals surface area contributed by atoms with Gasteiger partial charge in [0.15, 0.2) is 11.4 Å². The van der Waals surface area contributed by atoms with Crippen LogP contribution in [0.4, 0.5) is 25.1 Å². The van der Waals surface area contributed by atoms with Gasteiger partial charge in [0.2, 0.25) is 23.6 Å². The molecule has 0 saturated heterocycles.